The molecule has 0 atom stereocenters. The third-order valence-electron chi connectivity index (χ3n) is 1.99. The first-order valence-electron chi connectivity index (χ1n) is 4.75. The lowest BCUT2D eigenvalue weighted by Gasteiger charge is -2.07. The highest BCUT2D eigenvalue weighted by atomic mass is 16.5. The Hall–Kier alpha value is -1.91. The van der Waals surface area contributed by atoms with E-state index < -0.39 is 0 Å². The molecule has 1 aliphatic heterocycles. The SMILES string of the molecule is NC(N)=Nc1ccc2c(c1)OCCCO2. The van der Waals surface area contributed by atoms with Crippen molar-refractivity contribution in [2.24, 2.45) is 16.5 Å². The fourth-order valence-corrected chi connectivity index (χ4v) is 1.37. The molecular formula is C10H13N3O2. The number of hydrogen-bond acceptors (Lipinski definition) is 3. The van der Waals surface area contributed by atoms with Crippen LogP contribution in [0.2, 0.25) is 0 Å². The molecule has 1 heterocycles. The first-order chi connectivity index (χ1) is 7.25. The summed E-state index contributed by atoms with van der Waals surface area (Å²) in [5, 5.41) is 0. The van der Waals surface area contributed by atoms with Crippen LogP contribution in [0.5, 0.6) is 11.5 Å². The molecule has 5 heteroatoms. The maximum absolute atomic E-state index is 5.49. The van der Waals surface area contributed by atoms with E-state index in [4.69, 9.17) is 20.9 Å². The smallest absolute Gasteiger partial charge is 0.191 e. The van der Waals surface area contributed by atoms with E-state index in [-0.39, 0.29) is 5.96 Å². The Bertz CT molecular complexity index is 386. The van der Waals surface area contributed by atoms with E-state index in [1.165, 1.54) is 0 Å². The van der Waals surface area contributed by atoms with Crippen molar-refractivity contribution in [1.29, 1.82) is 0 Å². The molecule has 0 spiro atoms. The van der Waals surface area contributed by atoms with Gasteiger partial charge in [-0.05, 0) is 12.1 Å². The lowest BCUT2D eigenvalue weighted by atomic mass is 10.3. The largest absolute Gasteiger partial charge is 0.490 e. The van der Waals surface area contributed by atoms with Crippen molar-refractivity contribution in [3.8, 4) is 11.5 Å². The Kier molecular flexibility index (Phi) is 2.62. The van der Waals surface area contributed by atoms with Gasteiger partial charge < -0.3 is 20.9 Å². The molecule has 0 bridgehead atoms. The summed E-state index contributed by atoms with van der Waals surface area (Å²) in [7, 11) is 0. The van der Waals surface area contributed by atoms with Crippen LogP contribution in [0, 0.1) is 0 Å². The van der Waals surface area contributed by atoms with Crippen molar-refractivity contribution in [2.75, 3.05) is 13.2 Å². The molecule has 0 aliphatic carbocycles. The summed E-state index contributed by atoms with van der Waals surface area (Å²) < 4.78 is 11.0. The average Bonchev–Trinajstić information content (AvgIpc) is 2.41. The fourth-order valence-electron chi connectivity index (χ4n) is 1.37. The number of fused-ring (bicyclic) bond motifs is 1. The summed E-state index contributed by atoms with van der Waals surface area (Å²) in [4.78, 5) is 3.93. The van der Waals surface area contributed by atoms with Crippen LogP contribution in [0.4, 0.5) is 5.69 Å². The fraction of sp³-hybridized carbons (Fsp3) is 0.300. The second kappa shape index (κ2) is 4.08. The Morgan fingerprint density at radius 3 is 2.60 bits per heavy atom. The zero-order valence-electron chi connectivity index (χ0n) is 8.27. The molecule has 15 heavy (non-hydrogen) atoms. The molecular weight excluding hydrogens is 194 g/mol. The predicted molar refractivity (Wildman–Crippen MR) is 57.5 cm³/mol. The third-order valence-corrected chi connectivity index (χ3v) is 1.99. The van der Waals surface area contributed by atoms with Gasteiger partial charge in [0.1, 0.15) is 0 Å². The minimum atomic E-state index is 0.0319. The van der Waals surface area contributed by atoms with Crippen LogP contribution in [-0.4, -0.2) is 19.2 Å². The van der Waals surface area contributed by atoms with Crippen LogP contribution < -0.4 is 20.9 Å². The summed E-state index contributed by atoms with van der Waals surface area (Å²) in [6, 6.07) is 5.36. The normalized spacial score (nSPS) is 14.1. The Balaban J connectivity index is 2.32. The van der Waals surface area contributed by atoms with Crippen molar-refractivity contribution in [1.82, 2.24) is 0 Å². The molecule has 2 rings (SSSR count). The number of nitrogens with two attached hydrogens (primary N) is 2. The molecule has 0 fully saturated rings. The zero-order valence-corrected chi connectivity index (χ0v) is 8.27. The number of hydrogen-bond donors (Lipinski definition) is 2. The molecule has 1 aromatic carbocycles. The summed E-state index contributed by atoms with van der Waals surface area (Å²) in [6.45, 7) is 1.33. The molecule has 0 amide bonds. The van der Waals surface area contributed by atoms with Crippen molar-refractivity contribution in [3.05, 3.63) is 18.2 Å². The zero-order chi connectivity index (χ0) is 10.7. The Morgan fingerprint density at radius 2 is 1.87 bits per heavy atom. The predicted octanol–water partition coefficient (Wildman–Crippen LogP) is 0.753. The monoisotopic (exact) mass is 207 g/mol. The van der Waals surface area contributed by atoms with Gasteiger partial charge in [-0.25, -0.2) is 4.99 Å². The summed E-state index contributed by atoms with van der Waals surface area (Å²) in [5.74, 6) is 1.46. The second-order valence-corrected chi connectivity index (χ2v) is 3.22. The van der Waals surface area contributed by atoms with Crippen molar-refractivity contribution in [3.63, 3.8) is 0 Å². The molecule has 1 aromatic rings. The number of nitrogens with zero attached hydrogens (tertiary/aromatic N) is 1. The molecule has 0 radical (unpaired) electrons. The lowest BCUT2D eigenvalue weighted by molar-refractivity contribution is 0.297. The highest BCUT2D eigenvalue weighted by molar-refractivity contribution is 5.79. The van der Waals surface area contributed by atoms with Crippen molar-refractivity contribution in [2.45, 2.75) is 6.42 Å². The maximum atomic E-state index is 5.49. The highest BCUT2D eigenvalue weighted by Gasteiger charge is 2.10. The quantitative estimate of drug-likeness (QED) is 0.526. The standard InChI is InChI=1S/C10H13N3O2/c11-10(12)13-7-2-3-8-9(6-7)15-5-1-4-14-8/h2-3,6H,1,4-5H2,(H4,11,12,13). The van der Waals surface area contributed by atoms with Crippen LogP contribution in [0.15, 0.2) is 23.2 Å². The van der Waals surface area contributed by atoms with Gasteiger partial charge in [-0.15, -0.1) is 0 Å². The van der Waals surface area contributed by atoms with Gasteiger partial charge in [0, 0.05) is 12.5 Å². The highest BCUT2D eigenvalue weighted by Crippen LogP contribution is 2.33. The van der Waals surface area contributed by atoms with E-state index in [0.29, 0.717) is 24.7 Å². The van der Waals surface area contributed by atoms with Crippen LogP contribution in [0.1, 0.15) is 6.42 Å². The minimum Gasteiger partial charge on any atom is -0.490 e. The average molecular weight is 207 g/mol. The summed E-state index contributed by atoms with van der Waals surface area (Å²) >= 11 is 0. The van der Waals surface area contributed by atoms with E-state index in [1.807, 2.05) is 6.07 Å². The van der Waals surface area contributed by atoms with Gasteiger partial charge in [0.25, 0.3) is 0 Å². The van der Waals surface area contributed by atoms with Gasteiger partial charge in [0.05, 0.1) is 18.9 Å². The second-order valence-electron chi connectivity index (χ2n) is 3.22. The number of guanidine groups is 1. The van der Waals surface area contributed by atoms with Gasteiger partial charge in [0.15, 0.2) is 17.5 Å². The molecule has 1 aliphatic rings. The van der Waals surface area contributed by atoms with Crippen molar-refractivity contribution >= 4 is 11.6 Å². The van der Waals surface area contributed by atoms with E-state index in [0.717, 1.165) is 12.2 Å². The first-order valence-corrected chi connectivity index (χ1v) is 4.75. The Labute approximate surface area is 87.7 Å². The molecule has 5 nitrogen and oxygen atoms in total. The van der Waals surface area contributed by atoms with Crippen LogP contribution >= 0.6 is 0 Å². The van der Waals surface area contributed by atoms with Crippen molar-refractivity contribution < 1.29 is 9.47 Å². The van der Waals surface area contributed by atoms with E-state index >= 15 is 0 Å². The topological polar surface area (TPSA) is 82.9 Å². The van der Waals surface area contributed by atoms with E-state index in [9.17, 15) is 0 Å². The molecule has 80 valence electrons. The van der Waals surface area contributed by atoms with Gasteiger partial charge in [-0.1, -0.05) is 0 Å². The number of rotatable bonds is 1. The van der Waals surface area contributed by atoms with Gasteiger partial charge in [-0.3, -0.25) is 0 Å². The van der Waals surface area contributed by atoms with E-state index in [2.05, 4.69) is 4.99 Å². The van der Waals surface area contributed by atoms with Crippen LogP contribution in [0.3, 0.4) is 0 Å². The molecule has 0 saturated heterocycles. The van der Waals surface area contributed by atoms with Gasteiger partial charge in [0.2, 0.25) is 0 Å². The molecule has 0 aromatic heterocycles. The van der Waals surface area contributed by atoms with Crippen LogP contribution in [-0.2, 0) is 0 Å². The number of benzene rings is 1. The van der Waals surface area contributed by atoms with Gasteiger partial charge in [-0.2, -0.15) is 0 Å². The maximum Gasteiger partial charge on any atom is 0.191 e. The number of aliphatic imine (C=N–C) groups is 1. The molecule has 0 saturated carbocycles. The van der Waals surface area contributed by atoms with E-state index in [1.54, 1.807) is 12.1 Å². The summed E-state index contributed by atoms with van der Waals surface area (Å²) in [5.41, 5.74) is 11.2. The molecule has 4 N–H and O–H groups in total. The number of ether oxygens (including phenoxy) is 2. The van der Waals surface area contributed by atoms with Gasteiger partial charge >= 0.3 is 0 Å². The summed E-state index contributed by atoms with van der Waals surface area (Å²) in [6.07, 6.45) is 0.881. The first kappa shape index (κ1) is 9.64. The lowest BCUT2D eigenvalue weighted by Crippen LogP contribution is -2.21. The molecule has 0 unspecified atom stereocenters. The Morgan fingerprint density at radius 1 is 1.13 bits per heavy atom. The third kappa shape index (κ3) is 2.31. The van der Waals surface area contributed by atoms with Crippen LogP contribution in [0.25, 0.3) is 0 Å². The minimum absolute atomic E-state index is 0.0319.